The van der Waals surface area contributed by atoms with E-state index in [0.29, 0.717) is 29.9 Å². The quantitative estimate of drug-likeness (QED) is 0.751. The molecule has 9 heteroatoms. The van der Waals surface area contributed by atoms with Crippen LogP contribution in [0.4, 0.5) is 0 Å². The predicted octanol–water partition coefficient (Wildman–Crippen LogP) is 0.718. The van der Waals surface area contributed by atoms with Crippen molar-refractivity contribution < 1.29 is 19.5 Å². The molecule has 28 heavy (non-hydrogen) atoms. The van der Waals surface area contributed by atoms with Gasteiger partial charge in [0.1, 0.15) is 17.8 Å². The molecule has 3 heterocycles. The lowest BCUT2D eigenvalue weighted by Crippen LogP contribution is -2.52. The monoisotopic (exact) mass is 383 g/mol. The Morgan fingerprint density at radius 3 is 2.75 bits per heavy atom. The number of benzene rings is 1. The van der Waals surface area contributed by atoms with Crippen LogP contribution in [-0.2, 0) is 16.1 Å². The average molecular weight is 383 g/mol. The zero-order chi connectivity index (χ0) is 20.0. The summed E-state index contributed by atoms with van der Waals surface area (Å²) in [7, 11) is 0. The zero-order valence-corrected chi connectivity index (χ0v) is 15.6. The number of aliphatic hydroxyl groups is 1. The lowest BCUT2D eigenvalue weighted by atomic mass is 10.0. The lowest BCUT2D eigenvalue weighted by Gasteiger charge is -2.29. The van der Waals surface area contributed by atoms with Crippen molar-refractivity contribution in [2.45, 2.75) is 45.4 Å². The first-order valence-electron chi connectivity index (χ1n) is 9.23. The zero-order valence-electron chi connectivity index (χ0n) is 15.6. The first kappa shape index (κ1) is 18.3. The summed E-state index contributed by atoms with van der Waals surface area (Å²) in [5.41, 5.74) is 2.43. The van der Waals surface area contributed by atoms with Crippen molar-refractivity contribution in [1.82, 2.24) is 25.2 Å². The molecule has 1 fully saturated rings. The number of carbonyl (C=O) groups excluding carboxylic acids is 3. The smallest absolute Gasteiger partial charge is 0.255 e. The molecule has 146 valence electrons. The van der Waals surface area contributed by atoms with Gasteiger partial charge in [0.25, 0.3) is 5.91 Å². The van der Waals surface area contributed by atoms with E-state index in [-0.39, 0.29) is 24.2 Å². The molecular weight excluding hydrogens is 362 g/mol. The second kappa shape index (κ2) is 6.83. The number of aromatic nitrogens is 3. The number of nitrogens with one attached hydrogen (secondary N) is 1. The summed E-state index contributed by atoms with van der Waals surface area (Å²) in [5, 5.41) is 20.5. The van der Waals surface area contributed by atoms with E-state index < -0.39 is 18.1 Å². The summed E-state index contributed by atoms with van der Waals surface area (Å²) in [4.78, 5) is 37.9. The molecule has 0 saturated carbocycles. The van der Waals surface area contributed by atoms with E-state index in [1.165, 1.54) is 9.58 Å². The van der Waals surface area contributed by atoms with Gasteiger partial charge in [-0.25, -0.2) is 4.68 Å². The van der Waals surface area contributed by atoms with Gasteiger partial charge in [-0.15, -0.1) is 5.10 Å². The van der Waals surface area contributed by atoms with Gasteiger partial charge >= 0.3 is 0 Å². The van der Waals surface area contributed by atoms with Crippen molar-refractivity contribution in [1.29, 1.82) is 0 Å². The van der Waals surface area contributed by atoms with Gasteiger partial charge in [-0.1, -0.05) is 25.1 Å². The highest BCUT2D eigenvalue weighted by molar-refractivity contribution is 6.05. The van der Waals surface area contributed by atoms with E-state index in [2.05, 4.69) is 15.6 Å². The van der Waals surface area contributed by atoms with Crippen LogP contribution in [0, 0.1) is 5.92 Å². The molecule has 9 nitrogen and oxygen atoms in total. The Balaban J connectivity index is 1.58. The van der Waals surface area contributed by atoms with Crippen LogP contribution >= 0.6 is 0 Å². The molecule has 2 aliphatic rings. The number of piperidine rings is 1. The van der Waals surface area contributed by atoms with Crippen molar-refractivity contribution in [2.75, 3.05) is 0 Å². The van der Waals surface area contributed by atoms with Crippen molar-refractivity contribution >= 4 is 17.7 Å². The van der Waals surface area contributed by atoms with Crippen molar-refractivity contribution in [3.05, 3.63) is 41.2 Å². The second-order valence-corrected chi connectivity index (χ2v) is 7.52. The fraction of sp³-hybridized carbons (Fsp3) is 0.421. The van der Waals surface area contributed by atoms with E-state index >= 15 is 0 Å². The van der Waals surface area contributed by atoms with Gasteiger partial charge in [-0.3, -0.25) is 19.7 Å². The highest BCUT2D eigenvalue weighted by atomic mass is 16.3. The van der Waals surface area contributed by atoms with E-state index in [4.69, 9.17) is 0 Å². The van der Waals surface area contributed by atoms with E-state index in [1.807, 2.05) is 26.0 Å². The third kappa shape index (κ3) is 3.07. The molecule has 4 rings (SSSR count). The van der Waals surface area contributed by atoms with Crippen LogP contribution in [-0.4, -0.2) is 48.8 Å². The van der Waals surface area contributed by atoms with Crippen LogP contribution in [0.3, 0.4) is 0 Å². The lowest BCUT2D eigenvalue weighted by molar-refractivity contribution is -0.136. The highest BCUT2D eigenvalue weighted by Gasteiger charge is 2.39. The first-order chi connectivity index (χ1) is 13.3. The molecule has 3 amide bonds. The van der Waals surface area contributed by atoms with Crippen LogP contribution in [0.25, 0.3) is 5.69 Å². The topological polar surface area (TPSA) is 117 Å². The number of hydrogen-bond donors (Lipinski definition) is 2. The summed E-state index contributed by atoms with van der Waals surface area (Å²) < 4.78 is 1.52. The van der Waals surface area contributed by atoms with Gasteiger partial charge in [0, 0.05) is 18.5 Å². The Morgan fingerprint density at radius 2 is 2.04 bits per heavy atom. The Hall–Kier alpha value is -3.07. The number of aliphatic hydroxyl groups excluding tert-OH is 1. The van der Waals surface area contributed by atoms with E-state index in [0.717, 1.165) is 5.56 Å². The van der Waals surface area contributed by atoms with Crippen molar-refractivity contribution in [3.8, 4) is 5.69 Å². The molecule has 0 aliphatic carbocycles. The largest absolute Gasteiger partial charge is 0.386 e. The molecule has 2 unspecified atom stereocenters. The minimum Gasteiger partial charge on any atom is -0.386 e. The average Bonchev–Trinajstić information content (AvgIpc) is 3.26. The maximum Gasteiger partial charge on any atom is 0.255 e. The number of hydrogen-bond acceptors (Lipinski definition) is 6. The number of fused-ring (bicyclic) bond motifs is 1. The van der Waals surface area contributed by atoms with Gasteiger partial charge in [-0.05, 0) is 30.0 Å². The van der Waals surface area contributed by atoms with Gasteiger partial charge < -0.3 is 10.0 Å². The molecule has 0 bridgehead atoms. The number of carbonyl (C=O) groups is 3. The van der Waals surface area contributed by atoms with Gasteiger partial charge in [0.05, 0.1) is 11.9 Å². The first-order valence-corrected chi connectivity index (χ1v) is 9.23. The fourth-order valence-corrected chi connectivity index (χ4v) is 3.57. The molecule has 1 aromatic carbocycles. The van der Waals surface area contributed by atoms with E-state index in [9.17, 15) is 19.5 Å². The minimum atomic E-state index is -0.715. The van der Waals surface area contributed by atoms with Crippen LogP contribution in [0.2, 0.25) is 0 Å². The van der Waals surface area contributed by atoms with Crippen LogP contribution < -0.4 is 5.32 Å². The molecule has 1 aromatic heterocycles. The summed E-state index contributed by atoms with van der Waals surface area (Å²) in [5.74, 6) is -0.970. The third-order valence-electron chi connectivity index (χ3n) is 5.22. The van der Waals surface area contributed by atoms with E-state index in [1.54, 1.807) is 12.3 Å². The van der Waals surface area contributed by atoms with Crippen LogP contribution in [0.5, 0.6) is 0 Å². The Bertz CT molecular complexity index is 967. The summed E-state index contributed by atoms with van der Waals surface area (Å²) in [6.45, 7) is 4.11. The second-order valence-electron chi connectivity index (χ2n) is 7.52. The molecule has 2 aliphatic heterocycles. The van der Waals surface area contributed by atoms with Crippen LogP contribution in [0.1, 0.15) is 54.4 Å². The molecule has 2 aromatic rings. The van der Waals surface area contributed by atoms with Gasteiger partial charge in [-0.2, -0.15) is 0 Å². The molecule has 0 radical (unpaired) electrons. The maximum atomic E-state index is 12.9. The molecule has 2 N–H and O–H groups in total. The van der Waals surface area contributed by atoms with Crippen LogP contribution in [0.15, 0.2) is 24.4 Å². The predicted molar refractivity (Wildman–Crippen MR) is 97.2 cm³/mol. The summed E-state index contributed by atoms with van der Waals surface area (Å²) in [6.07, 6.45) is 1.48. The molecule has 2 atom stereocenters. The number of rotatable bonds is 4. The summed E-state index contributed by atoms with van der Waals surface area (Å²) >= 11 is 0. The van der Waals surface area contributed by atoms with Gasteiger partial charge in [0.15, 0.2) is 0 Å². The highest BCUT2D eigenvalue weighted by Crippen LogP contribution is 2.29. The van der Waals surface area contributed by atoms with Crippen molar-refractivity contribution in [3.63, 3.8) is 0 Å². The SMILES string of the molecule is CC(C)C(O)c1cn(-c2ccc3c(c2)C(=O)N(C2CCC(=O)NC2=O)C3)nn1. The third-order valence-corrected chi connectivity index (χ3v) is 5.22. The number of amides is 3. The standard InChI is InChI=1S/C19H21N5O4/c1-10(2)17(26)14-9-24(22-21-14)12-4-3-11-8-23(19(28)13(11)7-12)15-5-6-16(25)20-18(15)27/h3-4,7,9-10,15,17,26H,5-6,8H2,1-2H3,(H,20,25,27). The Labute approximate surface area is 161 Å². The Kier molecular flexibility index (Phi) is 4.46. The molecule has 1 saturated heterocycles. The maximum absolute atomic E-state index is 12.9. The van der Waals surface area contributed by atoms with Crippen molar-refractivity contribution in [2.24, 2.45) is 5.92 Å². The molecular formula is C19H21N5O4. The fourth-order valence-electron chi connectivity index (χ4n) is 3.57. The number of nitrogens with zero attached hydrogens (tertiary/aromatic N) is 4. The summed E-state index contributed by atoms with van der Waals surface area (Å²) in [6, 6.07) is 4.72. The molecule has 0 spiro atoms. The van der Waals surface area contributed by atoms with Gasteiger partial charge in [0.2, 0.25) is 11.8 Å². The minimum absolute atomic E-state index is 0.00817. The normalized spacial score (nSPS) is 20.5. The number of imide groups is 1. The Morgan fingerprint density at radius 1 is 1.25 bits per heavy atom.